The predicted octanol–water partition coefficient (Wildman–Crippen LogP) is 2.80. The molecule has 2 aromatic heterocycles. The first-order valence-corrected chi connectivity index (χ1v) is 9.78. The summed E-state index contributed by atoms with van der Waals surface area (Å²) in [7, 11) is 0. The lowest BCUT2D eigenvalue weighted by molar-refractivity contribution is -0.125. The molecule has 2 amide bonds. The third-order valence-electron chi connectivity index (χ3n) is 5.69. The summed E-state index contributed by atoms with van der Waals surface area (Å²) in [5, 5.41) is 3.19. The number of amides is 2. The average molecular weight is 384 g/mol. The first-order chi connectivity index (χ1) is 13.0. The van der Waals surface area contributed by atoms with Crippen molar-refractivity contribution in [1.82, 2.24) is 19.6 Å². The van der Waals surface area contributed by atoms with E-state index in [4.69, 9.17) is 4.74 Å². The van der Waals surface area contributed by atoms with E-state index in [1.54, 1.807) is 11.1 Å². The first kappa shape index (κ1) is 18.8. The third kappa shape index (κ3) is 3.45. The van der Waals surface area contributed by atoms with Crippen LogP contribution in [0.25, 0.3) is 5.65 Å². The highest BCUT2D eigenvalue weighted by Crippen LogP contribution is 2.52. The van der Waals surface area contributed by atoms with Gasteiger partial charge >= 0.3 is 6.09 Å². The fourth-order valence-corrected chi connectivity index (χ4v) is 4.14. The molecule has 7 heteroatoms. The van der Waals surface area contributed by atoms with Gasteiger partial charge in [-0.15, -0.1) is 0 Å². The van der Waals surface area contributed by atoms with Crippen molar-refractivity contribution in [2.24, 2.45) is 17.8 Å². The fraction of sp³-hybridized carbons (Fsp3) is 0.571. The fourth-order valence-electron chi connectivity index (χ4n) is 4.14. The van der Waals surface area contributed by atoms with E-state index in [9.17, 15) is 9.59 Å². The number of imidazole rings is 1. The third-order valence-corrected chi connectivity index (χ3v) is 5.69. The molecule has 3 atom stereocenters. The molecule has 2 aliphatic rings. The molecule has 1 unspecified atom stereocenters. The minimum absolute atomic E-state index is 0.0186. The maximum absolute atomic E-state index is 12.9. The molecule has 1 aliphatic carbocycles. The Hall–Kier alpha value is -2.57. The van der Waals surface area contributed by atoms with E-state index in [-0.39, 0.29) is 29.8 Å². The van der Waals surface area contributed by atoms with Gasteiger partial charge in [0.05, 0.1) is 5.54 Å². The van der Waals surface area contributed by atoms with Crippen LogP contribution in [0.5, 0.6) is 0 Å². The normalized spacial score (nSPS) is 24.2. The van der Waals surface area contributed by atoms with Gasteiger partial charge < -0.3 is 19.4 Å². The second-order valence-corrected chi connectivity index (χ2v) is 9.46. The van der Waals surface area contributed by atoms with Crippen LogP contribution in [-0.4, -0.2) is 45.0 Å². The van der Waals surface area contributed by atoms with Crippen LogP contribution in [0.3, 0.4) is 0 Å². The molecule has 0 bridgehead atoms. The van der Waals surface area contributed by atoms with Crippen molar-refractivity contribution in [3.8, 4) is 0 Å². The summed E-state index contributed by atoms with van der Waals surface area (Å²) < 4.78 is 7.38. The van der Waals surface area contributed by atoms with Crippen LogP contribution < -0.4 is 5.32 Å². The van der Waals surface area contributed by atoms with E-state index in [2.05, 4.69) is 10.3 Å². The van der Waals surface area contributed by atoms with Gasteiger partial charge in [0.25, 0.3) is 0 Å². The van der Waals surface area contributed by atoms with Crippen molar-refractivity contribution in [3.63, 3.8) is 0 Å². The summed E-state index contributed by atoms with van der Waals surface area (Å²) in [6.45, 7) is 10.8. The lowest BCUT2D eigenvalue weighted by Crippen LogP contribution is -2.44. The quantitative estimate of drug-likeness (QED) is 0.883. The number of fused-ring (bicyclic) bond motifs is 2. The highest BCUT2D eigenvalue weighted by Gasteiger charge is 2.61. The summed E-state index contributed by atoms with van der Waals surface area (Å²) in [6, 6.07) is 3.95. The summed E-state index contributed by atoms with van der Waals surface area (Å²) in [4.78, 5) is 31.0. The van der Waals surface area contributed by atoms with Gasteiger partial charge in [-0.3, -0.25) is 4.79 Å². The zero-order valence-corrected chi connectivity index (χ0v) is 17.1. The standard InChI is InChI=1S/C21H28N4O3/c1-20(2,3)28-19(27)25-11-14-15(12-25)17(14)18(26)23-21(4,5)13-6-7-16-22-8-9-24(16)10-13/h6-10,14-15,17H,11-12H2,1-5H3,(H,23,26)/t14-,15+,17?. The van der Waals surface area contributed by atoms with Crippen LogP contribution in [0, 0.1) is 17.8 Å². The van der Waals surface area contributed by atoms with Gasteiger partial charge in [0.15, 0.2) is 0 Å². The van der Waals surface area contributed by atoms with Gasteiger partial charge in [-0.25, -0.2) is 9.78 Å². The zero-order chi connectivity index (χ0) is 20.3. The van der Waals surface area contributed by atoms with Crippen LogP contribution in [0.15, 0.2) is 30.7 Å². The van der Waals surface area contributed by atoms with Crippen molar-refractivity contribution in [2.45, 2.75) is 45.8 Å². The number of likely N-dealkylation sites (tertiary alicyclic amines) is 1. The number of carbonyl (C=O) groups is 2. The Morgan fingerprint density at radius 3 is 2.46 bits per heavy atom. The van der Waals surface area contributed by atoms with E-state index < -0.39 is 11.1 Å². The van der Waals surface area contributed by atoms with Crippen molar-refractivity contribution in [2.75, 3.05) is 13.1 Å². The van der Waals surface area contributed by atoms with E-state index >= 15 is 0 Å². The molecule has 1 aliphatic heterocycles. The number of ether oxygens (including phenoxy) is 1. The Morgan fingerprint density at radius 2 is 1.82 bits per heavy atom. The molecular weight excluding hydrogens is 356 g/mol. The molecule has 2 aromatic rings. The molecule has 2 fully saturated rings. The molecule has 28 heavy (non-hydrogen) atoms. The Balaban J connectivity index is 1.36. The minimum Gasteiger partial charge on any atom is -0.444 e. The maximum atomic E-state index is 12.9. The number of hydrogen-bond donors (Lipinski definition) is 1. The number of nitrogens with one attached hydrogen (secondary N) is 1. The highest BCUT2D eigenvalue weighted by molar-refractivity contribution is 5.84. The van der Waals surface area contributed by atoms with Crippen LogP contribution in [0.1, 0.15) is 40.2 Å². The monoisotopic (exact) mass is 384 g/mol. The molecule has 3 heterocycles. The van der Waals surface area contributed by atoms with Crippen molar-refractivity contribution in [1.29, 1.82) is 0 Å². The molecule has 0 radical (unpaired) electrons. The van der Waals surface area contributed by atoms with Crippen LogP contribution in [0.4, 0.5) is 4.79 Å². The van der Waals surface area contributed by atoms with Crippen LogP contribution >= 0.6 is 0 Å². The molecule has 0 spiro atoms. The number of hydrogen-bond acceptors (Lipinski definition) is 4. The van der Waals surface area contributed by atoms with Gasteiger partial charge in [-0.1, -0.05) is 6.07 Å². The molecule has 1 saturated carbocycles. The van der Waals surface area contributed by atoms with E-state index in [0.29, 0.717) is 13.1 Å². The Kier molecular flexibility index (Phi) is 4.17. The minimum atomic E-state index is -0.499. The summed E-state index contributed by atoms with van der Waals surface area (Å²) in [5.74, 6) is 0.517. The molecule has 7 nitrogen and oxygen atoms in total. The Morgan fingerprint density at radius 1 is 1.14 bits per heavy atom. The number of piperidine rings is 1. The van der Waals surface area contributed by atoms with Gasteiger partial charge in [0, 0.05) is 37.6 Å². The number of carbonyl (C=O) groups excluding carboxylic acids is 2. The van der Waals surface area contributed by atoms with E-state index in [1.165, 1.54) is 0 Å². The number of pyridine rings is 1. The molecule has 1 N–H and O–H groups in total. The second-order valence-electron chi connectivity index (χ2n) is 9.46. The number of rotatable bonds is 3. The molecule has 4 rings (SSSR count). The molecule has 150 valence electrons. The first-order valence-electron chi connectivity index (χ1n) is 9.78. The van der Waals surface area contributed by atoms with Crippen molar-refractivity contribution in [3.05, 3.63) is 36.3 Å². The SMILES string of the molecule is CC(C)(C)OC(=O)N1C[C@@H]2C(C(=O)NC(C)(C)c3ccc4nccn4c3)[C@@H]2C1. The predicted molar refractivity (Wildman–Crippen MR) is 105 cm³/mol. The van der Waals surface area contributed by atoms with E-state index in [0.717, 1.165) is 11.2 Å². The van der Waals surface area contributed by atoms with Crippen LogP contribution in [0.2, 0.25) is 0 Å². The topological polar surface area (TPSA) is 75.9 Å². The smallest absolute Gasteiger partial charge is 0.410 e. The largest absolute Gasteiger partial charge is 0.444 e. The highest BCUT2D eigenvalue weighted by atomic mass is 16.6. The summed E-state index contributed by atoms with van der Waals surface area (Å²) >= 11 is 0. The molecule has 1 saturated heterocycles. The van der Waals surface area contributed by atoms with Crippen molar-refractivity contribution >= 4 is 17.6 Å². The maximum Gasteiger partial charge on any atom is 0.410 e. The zero-order valence-electron chi connectivity index (χ0n) is 17.1. The van der Waals surface area contributed by atoms with E-state index in [1.807, 2.05) is 63.5 Å². The van der Waals surface area contributed by atoms with Crippen LogP contribution in [-0.2, 0) is 15.1 Å². The van der Waals surface area contributed by atoms with Crippen molar-refractivity contribution < 1.29 is 14.3 Å². The van der Waals surface area contributed by atoms with Gasteiger partial charge in [0.2, 0.25) is 5.91 Å². The molecular formula is C21H28N4O3. The second kappa shape index (κ2) is 6.22. The number of aromatic nitrogens is 2. The molecule has 0 aromatic carbocycles. The lowest BCUT2D eigenvalue weighted by atomic mass is 9.95. The van der Waals surface area contributed by atoms with Gasteiger partial charge in [0.1, 0.15) is 11.2 Å². The summed E-state index contributed by atoms with van der Waals surface area (Å²) in [5.41, 5.74) is 0.913. The Bertz CT molecular complexity index is 915. The Labute approximate surface area is 165 Å². The van der Waals surface area contributed by atoms with Gasteiger partial charge in [-0.2, -0.15) is 0 Å². The van der Waals surface area contributed by atoms with Gasteiger partial charge in [-0.05, 0) is 58.1 Å². The summed E-state index contributed by atoms with van der Waals surface area (Å²) in [6.07, 6.45) is 5.37. The average Bonchev–Trinajstić information content (AvgIpc) is 2.96. The number of nitrogens with zero attached hydrogens (tertiary/aromatic N) is 3. The lowest BCUT2D eigenvalue weighted by Gasteiger charge is -2.28.